The summed E-state index contributed by atoms with van der Waals surface area (Å²) < 4.78 is 0. The molecule has 1 rings (SSSR count). The second-order valence-electron chi connectivity index (χ2n) is 3.64. The Bertz CT molecular complexity index is 298. The number of nitrogen functional groups attached to an aromatic ring is 1. The van der Waals surface area contributed by atoms with Crippen molar-refractivity contribution in [2.45, 2.75) is 20.3 Å². The van der Waals surface area contributed by atoms with E-state index in [1.54, 1.807) is 12.4 Å². The first-order chi connectivity index (χ1) is 7.76. The summed E-state index contributed by atoms with van der Waals surface area (Å²) in [5, 5.41) is 3.21. The van der Waals surface area contributed by atoms with Crippen molar-refractivity contribution < 1.29 is 0 Å². The van der Waals surface area contributed by atoms with Crippen molar-refractivity contribution >= 4 is 11.6 Å². The van der Waals surface area contributed by atoms with Gasteiger partial charge < -0.3 is 16.0 Å². The van der Waals surface area contributed by atoms with E-state index >= 15 is 0 Å². The minimum absolute atomic E-state index is 0.453. The highest BCUT2D eigenvalue weighted by Crippen LogP contribution is 2.02. The molecule has 0 unspecified atom stereocenters. The monoisotopic (exact) mass is 223 g/mol. The van der Waals surface area contributed by atoms with Crippen LogP contribution in [0.25, 0.3) is 0 Å². The van der Waals surface area contributed by atoms with Crippen molar-refractivity contribution in [1.82, 2.24) is 14.9 Å². The highest BCUT2D eigenvalue weighted by atomic mass is 15.1. The number of nitrogens with two attached hydrogens (primary N) is 1. The highest BCUT2D eigenvalue weighted by Gasteiger charge is 1.99. The molecule has 0 saturated heterocycles. The molecule has 90 valence electrons. The summed E-state index contributed by atoms with van der Waals surface area (Å²) in [6.07, 6.45) is 4.33. The predicted molar refractivity (Wildman–Crippen MR) is 67.3 cm³/mol. The van der Waals surface area contributed by atoms with Crippen LogP contribution in [-0.2, 0) is 0 Å². The van der Waals surface area contributed by atoms with Gasteiger partial charge in [0, 0.05) is 6.54 Å². The summed E-state index contributed by atoms with van der Waals surface area (Å²) in [6, 6.07) is 0. The Morgan fingerprint density at radius 1 is 1.31 bits per heavy atom. The molecule has 5 heteroatoms. The fourth-order valence-corrected chi connectivity index (χ4v) is 1.53. The lowest BCUT2D eigenvalue weighted by molar-refractivity contribution is 0.303. The topological polar surface area (TPSA) is 67.1 Å². The van der Waals surface area contributed by atoms with Gasteiger partial charge in [-0.3, -0.25) is 4.98 Å². The fraction of sp³-hybridized carbons (Fsp3) is 0.636. The molecule has 0 saturated carbocycles. The molecular weight excluding hydrogens is 202 g/mol. The smallest absolute Gasteiger partial charge is 0.146 e. The first-order valence-electron chi connectivity index (χ1n) is 5.80. The molecule has 0 aliphatic rings. The van der Waals surface area contributed by atoms with Crippen molar-refractivity contribution in [3.8, 4) is 0 Å². The average molecular weight is 223 g/mol. The number of rotatable bonds is 7. The lowest BCUT2D eigenvalue weighted by Crippen LogP contribution is -2.25. The molecule has 0 aromatic carbocycles. The zero-order valence-corrected chi connectivity index (χ0v) is 10.1. The van der Waals surface area contributed by atoms with Gasteiger partial charge in [0.05, 0.1) is 12.4 Å². The molecule has 5 nitrogen and oxygen atoms in total. The van der Waals surface area contributed by atoms with Crippen molar-refractivity contribution in [2.75, 3.05) is 37.2 Å². The van der Waals surface area contributed by atoms with E-state index in [1.807, 2.05) is 0 Å². The van der Waals surface area contributed by atoms with E-state index in [1.165, 1.54) is 0 Å². The Morgan fingerprint density at radius 3 is 2.69 bits per heavy atom. The molecule has 0 spiro atoms. The summed E-state index contributed by atoms with van der Waals surface area (Å²) >= 11 is 0. The SMILES string of the molecule is CCN(CC)CCCNc1cncc(N)n1. The van der Waals surface area contributed by atoms with E-state index in [-0.39, 0.29) is 0 Å². The van der Waals surface area contributed by atoms with E-state index in [4.69, 9.17) is 5.73 Å². The van der Waals surface area contributed by atoms with E-state index in [9.17, 15) is 0 Å². The number of hydrogen-bond donors (Lipinski definition) is 2. The summed E-state index contributed by atoms with van der Waals surface area (Å²) in [5.41, 5.74) is 5.53. The Balaban J connectivity index is 2.20. The molecule has 3 N–H and O–H groups in total. The molecule has 1 aromatic heterocycles. The molecule has 0 fully saturated rings. The van der Waals surface area contributed by atoms with Crippen molar-refractivity contribution in [2.24, 2.45) is 0 Å². The van der Waals surface area contributed by atoms with Crippen LogP contribution in [0.4, 0.5) is 11.6 Å². The van der Waals surface area contributed by atoms with Crippen LogP contribution in [0.15, 0.2) is 12.4 Å². The Kier molecular flexibility index (Phi) is 5.56. The van der Waals surface area contributed by atoms with Crippen molar-refractivity contribution in [1.29, 1.82) is 0 Å². The standard InChI is InChI=1S/C11H21N5/c1-3-16(4-2)7-5-6-14-11-9-13-8-10(12)15-11/h8-9H,3-7H2,1-2H3,(H3,12,14,15). The van der Waals surface area contributed by atoms with Crippen molar-refractivity contribution in [3.05, 3.63) is 12.4 Å². The first-order valence-corrected chi connectivity index (χ1v) is 5.80. The maximum absolute atomic E-state index is 5.53. The molecule has 1 aromatic rings. The van der Waals surface area contributed by atoms with Gasteiger partial charge in [-0.15, -0.1) is 0 Å². The highest BCUT2D eigenvalue weighted by molar-refractivity contribution is 5.38. The van der Waals surface area contributed by atoms with E-state index < -0.39 is 0 Å². The molecule has 0 aliphatic carbocycles. The lowest BCUT2D eigenvalue weighted by Gasteiger charge is -2.17. The molecule has 0 amide bonds. The summed E-state index contributed by atoms with van der Waals surface area (Å²) in [7, 11) is 0. The van der Waals surface area contributed by atoms with Crippen LogP contribution in [0.1, 0.15) is 20.3 Å². The van der Waals surface area contributed by atoms with Gasteiger partial charge in [-0.2, -0.15) is 0 Å². The zero-order chi connectivity index (χ0) is 11.8. The number of aromatic nitrogens is 2. The van der Waals surface area contributed by atoms with Crippen molar-refractivity contribution in [3.63, 3.8) is 0 Å². The summed E-state index contributed by atoms with van der Waals surface area (Å²) in [4.78, 5) is 10.5. The van der Waals surface area contributed by atoms with Crippen LogP contribution in [0.2, 0.25) is 0 Å². The normalized spacial score (nSPS) is 10.7. The third kappa shape index (κ3) is 4.44. The molecule has 0 atom stereocenters. The Hall–Kier alpha value is -1.36. The van der Waals surface area contributed by atoms with Gasteiger partial charge in [0.2, 0.25) is 0 Å². The molecular formula is C11H21N5. The quantitative estimate of drug-likeness (QED) is 0.680. The average Bonchev–Trinajstić information content (AvgIpc) is 2.29. The van der Waals surface area contributed by atoms with Gasteiger partial charge in [-0.05, 0) is 26.1 Å². The van der Waals surface area contributed by atoms with E-state index in [0.717, 1.165) is 38.4 Å². The van der Waals surface area contributed by atoms with Crippen LogP contribution < -0.4 is 11.1 Å². The largest absolute Gasteiger partial charge is 0.382 e. The predicted octanol–water partition coefficient (Wildman–Crippen LogP) is 1.20. The number of hydrogen-bond acceptors (Lipinski definition) is 5. The third-order valence-corrected chi connectivity index (χ3v) is 2.50. The van der Waals surface area contributed by atoms with Crippen LogP contribution in [-0.4, -0.2) is 41.0 Å². The second kappa shape index (κ2) is 7.00. The molecule has 16 heavy (non-hydrogen) atoms. The summed E-state index contributed by atoms with van der Waals surface area (Å²) in [6.45, 7) is 8.58. The zero-order valence-electron chi connectivity index (χ0n) is 10.1. The number of anilines is 2. The van der Waals surface area contributed by atoms with Gasteiger partial charge in [-0.25, -0.2) is 4.98 Å². The second-order valence-corrected chi connectivity index (χ2v) is 3.64. The van der Waals surface area contributed by atoms with Gasteiger partial charge in [0.1, 0.15) is 11.6 Å². The Labute approximate surface area is 97.1 Å². The maximum Gasteiger partial charge on any atom is 0.146 e. The minimum Gasteiger partial charge on any atom is -0.382 e. The van der Waals surface area contributed by atoms with Gasteiger partial charge in [-0.1, -0.05) is 13.8 Å². The maximum atomic E-state index is 5.53. The van der Waals surface area contributed by atoms with Gasteiger partial charge in [0.15, 0.2) is 0 Å². The molecule has 0 aliphatic heterocycles. The molecule has 1 heterocycles. The van der Waals surface area contributed by atoms with Gasteiger partial charge in [0.25, 0.3) is 0 Å². The van der Waals surface area contributed by atoms with Gasteiger partial charge >= 0.3 is 0 Å². The fourth-order valence-electron chi connectivity index (χ4n) is 1.53. The number of nitrogens with zero attached hydrogens (tertiary/aromatic N) is 3. The minimum atomic E-state index is 0.453. The molecule has 0 radical (unpaired) electrons. The third-order valence-electron chi connectivity index (χ3n) is 2.50. The first kappa shape index (κ1) is 12.7. The van der Waals surface area contributed by atoms with Crippen LogP contribution in [0, 0.1) is 0 Å². The summed E-state index contributed by atoms with van der Waals surface area (Å²) in [5.74, 6) is 1.20. The van der Waals surface area contributed by atoms with Crippen LogP contribution in [0.5, 0.6) is 0 Å². The molecule has 0 bridgehead atoms. The van der Waals surface area contributed by atoms with Crippen LogP contribution in [0.3, 0.4) is 0 Å². The lowest BCUT2D eigenvalue weighted by atomic mass is 10.3. The Morgan fingerprint density at radius 2 is 2.06 bits per heavy atom. The van der Waals surface area contributed by atoms with E-state index in [2.05, 4.69) is 34.0 Å². The van der Waals surface area contributed by atoms with E-state index in [0.29, 0.717) is 5.82 Å². The van der Waals surface area contributed by atoms with Crippen LogP contribution >= 0.6 is 0 Å². The number of nitrogens with one attached hydrogen (secondary N) is 1.